The van der Waals surface area contributed by atoms with Gasteiger partial charge in [0.05, 0.1) is 32.1 Å². The number of hydrogen-bond donors (Lipinski definition) is 3. The van der Waals surface area contributed by atoms with Crippen molar-refractivity contribution in [3.63, 3.8) is 0 Å². The molecule has 122 valence electrons. The lowest BCUT2D eigenvalue weighted by atomic mass is 9.95. The summed E-state index contributed by atoms with van der Waals surface area (Å²) >= 11 is 0. The first-order valence-electron chi connectivity index (χ1n) is 6.80. The summed E-state index contributed by atoms with van der Waals surface area (Å²) in [5, 5.41) is 5.40. The smallest absolute Gasteiger partial charge is 0.238 e. The predicted molar refractivity (Wildman–Crippen MR) is 85.3 cm³/mol. The summed E-state index contributed by atoms with van der Waals surface area (Å²) in [6.07, 6.45) is 0. The lowest BCUT2D eigenvalue weighted by molar-refractivity contribution is -0.123. The Bertz CT molecular complexity index is 565. The van der Waals surface area contributed by atoms with Gasteiger partial charge in [0, 0.05) is 17.5 Å². The molecule has 0 unspecified atom stereocenters. The predicted octanol–water partition coefficient (Wildman–Crippen LogP) is 1.59. The van der Waals surface area contributed by atoms with Crippen LogP contribution in [0.1, 0.15) is 20.8 Å². The zero-order valence-corrected chi connectivity index (χ0v) is 13.6. The van der Waals surface area contributed by atoms with Crippen LogP contribution in [0.4, 0.5) is 11.4 Å². The largest absolute Gasteiger partial charge is 0.493 e. The summed E-state index contributed by atoms with van der Waals surface area (Å²) < 4.78 is 10.4. The summed E-state index contributed by atoms with van der Waals surface area (Å²) in [6.45, 7) is 5.21. The van der Waals surface area contributed by atoms with Crippen molar-refractivity contribution in [1.29, 1.82) is 0 Å². The normalized spacial score (nSPS) is 10.8. The third kappa shape index (κ3) is 4.36. The van der Waals surface area contributed by atoms with E-state index in [0.29, 0.717) is 22.9 Å². The van der Waals surface area contributed by atoms with Crippen LogP contribution in [0.15, 0.2) is 12.1 Å². The first kappa shape index (κ1) is 17.8. The van der Waals surface area contributed by atoms with Crippen LogP contribution in [0, 0.1) is 5.41 Å². The molecular weight excluding hydrogens is 286 g/mol. The van der Waals surface area contributed by atoms with Gasteiger partial charge in [0.25, 0.3) is 0 Å². The molecule has 0 fully saturated rings. The minimum Gasteiger partial charge on any atom is -0.493 e. The van der Waals surface area contributed by atoms with Gasteiger partial charge in [-0.2, -0.15) is 0 Å². The summed E-state index contributed by atoms with van der Waals surface area (Å²) in [6, 6.07) is 3.17. The Morgan fingerprint density at radius 3 is 1.86 bits per heavy atom. The molecule has 4 N–H and O–H groups in total. The van der Waals surface area contributed by atoms with E-state index in [0.717, 1.165) is 0 Å². The molecule has 1 rings (SSSR count). The number of hydrogen-bond acceptors (Lipinski definition) is 5. The standard InChI is InChI=1S/C15H23N3O4/c1-15(2,3)14(20)18-10-7-12(22-5)11(21-4)6-9(10)17-13(19)8-16/h6-7H,8,16H2,1-5H3,(H,17,19)(H,18,20). The molecule has 2 amide bonds. The molecule has 0 aliphatic heterocycles. The summed E-state index contributed by atoms with van der Waals surface area (Å²) in [7, 11) is 2.98. The molecule has 1 aromatic carbocycles. The second kappa shape index (κ2) is 7.13. The first-order chi connectivity index (χ1) is 10.2. The molecule has 0 aromatic heterocycles. The number of anilines is 2. The van der Waals surface area contributed by atoms with Gasteiger partial charge in [0.15, 0.2) is 11.5 Å². The lowest BCUT2D eigenvalue weighted by Gasteiger charge is -2.21. The van der Waals surface area contributed by atoms with Crippen LogP contribution in [0.5, 0.6) is 11.5 Å². The molecule has 0 aliphatic carbocycles. The van der Waals surface area contributed by atoms with E-state index in [1.165, 1.54) is 14.2 Å². The number of nitrogens with two attached hydrogens (primary N) is 1. The van der Waals surface area contributed by atoms with Gasteiger partial charge < -0.3 is 25.8 Å². The highest BCUT2D eigenvalue weighted by Gasteiger charge is 2.23. The average molecular weight is 309 g/mol. The molecular formula is C15H23N3O4. The molecule has 0 radical (unpaired) electrons. The molecule has 0 spiro atoms. The highest BCUT2D eigenvalue weighted by Crippen LogP contribution is 2.37. The lowest BCUT2D eigenvalue weighted by Crippen LogP contribution is -2.29. The Hall–Kier alpha value is -2.28. The monoisotopic (exact) mass is 309 g/mol. The van der Waals surface area contributed by atoms with Gasteiger partial charge in [-0.25, -0.2) is 0 Å². The third-order valence-electron chi connectivity index (χ3n) is 2.91. The summed E-state index contributed by atoms with van der Waals surface area (Å²) in [5.41, 5.74) is 5.54. The minimum absolute atomic E-state index is 0.166. The number of carbonyl (C=O) groups excluding carboxylic acids is 2. The molecule has 7 nitrogen and oxygen atoms in total. The average Bonchev–Trinajstić information content (AvgIpc) is 2.46. The van der Waals surface area contributed by atoms with Crippen LogP contribution in [0.3, 0.4) is 0 Å². The first-order valence-corrected chi connectivity index (χ1v) is 6.80. The van der Waals surface area contributed by atoms with Gasteiger partial charge >= 0.3 is 0 Å². The van der Waals surface area contributed by atoms with Crippen molar-refractivity contribution in [1.82, 2.24) is 0 Å². The van der Waals surface area contributed by atoms with Gasteiger partial charge in [0.1, 0.15) is 0 Å². The van der Waals surface area contributed by atoms with Crippen LogP contribution >= 0.6 is 0 Å². The van der Waals surface area contributed by atoms with Crippen molar-refractivity contribution in [3.8, 4) is 11.5 Å². The molecule has 0 heterocycles. The summed E-state index contributed by atoms with van der Waals surface area (Å²) in [5.74, 6) is 0.308. The van der Waals surface area contributed by atoms with Crippen LogP contribution in [-0.4, -0.2) is 32.6 Å². The number of benzene rings is 1. The number of carbonyl (C=O) groups is 2. The second-order valence-electron chi connectivity index (χ2n) is 5.71. The molecule has 1 aromatic rings. The van der Waals surface area contributed by atoms with Crippen LogP contribution in [0.2, 0.25) is 0 Å². The Balaban J connectivity index is 3.26. The molecule has 22 heavy (non-hydrogen) atoms. The zero-order valence-electron chi connectivity index (χ0n) is 13.6. The van der Waals surface area contributed by atoms with Crippen molar-refractivity contribution in [3.05, 3.63) is 12.1 Å². The highest BCUT2D eigenvalue weighted by molar-refractivity contribution is 6.02. The van der Waals surface area contributed by atoms with E-state index in [4.69, 9.17) is 15.2 Å². The fourth-order valence-corrected chi connectivity index (χ4v) is 1.60. The number of nitrogens with one attached hydrogen (secondary N) is 2. The second-order valence-corrected chi connectivity index (χ2v) is 5.71. The van der Waals surface area contributed by atoms with Crippen molar-refractivity contribution < 1.29 is 19.1 Å². The van der Waals surface area contributed by atoms with Crippen LogP contribution < -0.4 is 25.8 Å². The van der Waals surface area contributed by atoms with E-state index in [-0.39, 0.29) is 18.4 Å². The molecule has 0 aliphatic rings. The van der Waals surface area contributed by atoms with Gasteiger partial charge in [-0.1, -0.05) is 20.8 Å². The quantitative estimate of drug-likeness (QED) is 0.766. The molecule has 7 heteroatoms. The van der Waals surface area contributed by atoms with Crippen molar-refractivity contribution >= 4 is 23.2 Å². The molecule has 0 saturated heterocycles. The Kier molecular flexibility index (Phi) is 5.76. The van der Waals surface area contributed by atoms with Crippen molar-refractivity contribution in [2.75, 3.05) is 31.4 Å². The van der Waals surface area contributed by atoms with E-state index >= 15 is 0 Å². The van der Waals surface area contributed by atoms with Crippen molar-refractivity contribution in [2.45, 2.75) is 20.8 Å². The number of amides is 2. The van der Waals surface area contributed by atoms with E-state index in [2.05, 4.69) is 10.6 Å². The highest BCUT2D eigenvalue weighted by atomic mass is 16.5. The van der Waals surface area contributed by atoms with Gasteiger partial charge in [-0.05, 0) is 0 Å². The van der Waals surface area contributed by atoms with Crippen LogP contribution in [0.25, 0.3) is 0 Å². The Morgan fingerprint density at radius 2 is 1.50 bits per heavy atom. The minimum atomic E-state index is -0.581. The van der Waals surface area contributed by atoms with Gasteiger partial charge in [-0.3, -0.25) is 9.59 Å². The number of methoxy groups -OCH3 is 2. The maximum atomic E-state index is 12.2. The topological polar surface area (TPSA) is 103 Å². The number of ether oxygens (including phenoxy) is 2. The van der Waals surface area contributed by atoms with Crippen LogP contribution in [-0.2, 0) is 9.59 Å². The maximum absolute atomic E-state index is 12.2. The number of rotatable bonds is 5. The van der Waals surface area contributed by atoms with E-state index in [9.17, 15) is 9.59 Å². The van der Waals surface area contributed by atoms with E-state index in [1.54, 1.807) is 32.9 Å². The summed E-state index contributed by atoms with van der Waals surface area (Å²) in [4.78, 5) is 23.7. The molecule has 0 bridgehead atoms. The fourth-order valence-electron chi connectivity index (χ4n) is 1.60. The molecule has 0 saturated carbocycles. The zero-order chi connectivity index (χ0) is 16.9. The Morgan fingerprint density at radius 1 is 1.05 bits per heavy atom. The van der Waals surface area contributed by atoms with E-state index in [1.807, 2.05) is 0 Å². The van der Waals surface area contributed by atoms with E-state index < -0.39 is 5.41 Å². The van der Waals surface area contributed by atoms with Crippen molar-refractivity contribution in [2.24, 2.45) is 11.1 Å². The third-order valence-corrected chi connectivity index (χ3v) is 2.91. The SMILES string of the molecule is COc1cc(NC(=O)CN)c(NC(=O)C(C)(C)C)cc1OC. The Labute approximate surface area is 130 Å². The van der Waals surface area contributed by atoms with Gasteiger partial charge in [0.2, 0.25) is 11.8 Å². The molecule has 0 atom stereocenters. The fraction of sp³-hybridized carbons (Fsp3) is 0.467. The maximum Gasteiger partial charge on any atom is 0.238 e. The van der Waals surface area contributed by atoms with Gasteiger partial charge in [-0.15, -0.1) is 0 Å².